The van der Waals surface area contributed by atoms with Crippen LogP contribution in [0.2, 0.25) is 0 Å². The van der Waals surface area contributed by atoms with Crippen LogP contribution < -0.4 is 5.32 Å². The number of carbonyl (C=O) groups excluding carboxylic acids is 1. The molecule has 1 atom stereocenters. The van der Waals surface area contributed by atoms with E-state index >= 15 is 0 Å². The lowest BCUT2D eigenvalue weighted by Gasteiger charge is -2.33. The highest BCUT2D eigenvalue weighted by atomic mass is 32.1. The number of aromatic nitrogens is 2. The topological polar surface area (TPSA) is 76.6 Å². The van der Waals surface area contributed by atoms with Gasteiger partial charge in [0.15, 0.2) is 0 Å². The standard InChI is InChI=1S/C28H34N4O3S/c1-18-17-34-14-13-32(18)16-19-5-7-20(8-6-19)24-15-23(31-27(33)35-28(2,3)4)25(36-24)22-11-12-29-26(30-22)21-9-10-21/h5-8,11-12,15,18,21H,9-10,13-14,16-17H2,1-4H3,(H,31,33)/t18-/m0/s1. The average molecular weight is 507 g/mol. The number of benzene rings is 1. The molecule has 0 unspecified atom stereocenters. The molecule has 36 heavy (non-hydrogen) atoms. The summed E-state index contributed by atoms with van der Waals surface area (Å²) in [5, 5.41) is 2.96. The van der Waals surface area contributed by atoms with Gasteiger partial charge in [-0.2, -0.15) is 0 Å². The quantitative estimate of drug-likeness (QED) is 0.422. The predicted octanol–water partition coefficient (Wildman–Crippen LogP) is 6.32. The van der Waals surface area contributed by atoms with Crippen LogP contribution in [0.4, 0.5) is 10.5 Å². The van der Waals surface area contributed by atoms with Crippen LogP contribution in [0.1, 0.15) is 57.8 Å². The largest absolute Gasteiger partial charge is 0.444 e. The van der Waals surface area contributed by atoms with Gasteiger partial charge in [0.1, 0.15) is 11.4 Å². The fourth-order valence-corrected chi connectivity index (χ4v) is 5.36. The van der Waals surface area contributed by atoms with Crippen molar-refractivity contribution in [3.05, 3.63) is 54.0 Å². The lowest BCUT2D eigenvalue weighted by molar-refractivity contribution is -0.00436. The fourth-order valence-electron chi connectivity index (χ4n) is 4.27. The van der Waals surface area contributed by atoms with Crippen molar-refractivity contribution in [3.8, 4) is 21.0 Å². The summed E-state index contributed by atoms with van der Waals surface area (Å²) in [6.45, 7) is 11.2. The Morgan fingerprint density at radius 1 is 1.22 bits per heavy atom. The van der Waals surface area contributed by atoms with E-state index in [1.54, 1.807) is 11.3 Å². The van der Waals surface area contributed by atoms with E-state index in [4.69, 9.17) is 14.5 Å². The maximum Gasteiger partial charge on any atom is 0.412 e. The van der Waals surface area contributed by atoms with Gasteiger partial charge >= 0.3 is 6.09 Å². The van der Waals surface area contributed by atoms with Crippen molar-refractivity contribution >= 4 is 23.1 Å². The molecule has 1 aliphatic carbocycles. The minimum Gasteiger partial charge on any atom is -0.444 e. The number of nitrogens with zero attached hydrogens (tertiary/aromatic N) is 3. The van der Waals surface area contributed by atoms with Crippen molar-refractivity contribution in [2.24, 2.45) is 0 Å². The SMILES string of the molecule is C[C@H]1COCCN1Cc1ccc(-c2cc(NC(=O)OC(C)(C)C)c(-c3ccnc(C4CC4)n3)s2)cc1. The Labute approximate surface area is 216 Å². The molecule has 8 heteroatoms. The van der Waals surface area contributed by atoms with Gasteiger partial charge in [-0.25, -0.2) is 14.8 Å². The van der Waals surface area contributed by atoms with Crippen LogP contribution in [-0.2, 0) is 16.0 Å². The lowest BCUT2D eigenvalue weighted by atomic mass is 10.1. The Kier molecular flexibility index (Phi) is 7.10. The molecule has 1 saturated carbocycles. The Hall–Kier alpha value is -2.81. The van der Waals surface area contributed by atoms with Crippen LogP contribution in [0.15, 0.2) is 42.6 Å². The van der Waals surface area contributed by atoms with Gasteiger partial charge in [0.25, 0.3) is 0 Å². The van der Waals surface area contributed by atoms with Gasteiger partial charge in [0, 0.05) is 36.1 Å². The third kappa shape index (κ3) is 6.11. The number of hydrogen-bond acceptors (Lipinski definition) is 7. The van der Waals surface area contributed by atoms with E-state index in [0.29, 0.717) is 17.6 Å². The first-order valence-corrected chi connectivity index (χ1v) is 13.4. The molecule has 1 N–H and O–H groups in total. The van der Waals surface area contributed by atoms with Gasteiger partial charge < -0.3 is 9.47 Å². The van der Waals surface area contributed by atoms with Crippen molar-refractivity contribution in [2.45, 2.75) is 64.6 Å². The van der Waals surface area contributed by atoms with E-state index in [-0.39, 0.29) is 0 Å². The van der Waals surface area contributed by atoms with E-state index in [1.807, 2.05) is 39.1 Å². The summed E-state index contributed by atoms with van der Waals surface area (Å²) in [4.78, 5) is 26.4. The Morgan fingerprint density at radius 2 is 2.00 bits per heavy atom. The molecule has 190 valence electrons. The minimum absolute atomic E-state index is 0.424. The van der Waals surface area contributed by atoms with Gasteiger partial charge in [0.05, 0.1) is 29.5 Å². The van der Waals surface area contributed by atoms with Gasteiger partial charge in [-0.05, 0) is 63.8 Å². The maximum atomic E-state index is 12.6. The molecule has 7 nitrogen and oxygen atoms in total. The molecule has 1 aliphatic heterocycles. The second-order valence-corrected chi connectivity index (χ2v) is 11.7. The van der Waals surface area contributed by atoms with E-state index < -0.39 is 11.7 Å². The first-order chi connectivity index (χ1) is 17.2. The van der Waals surface area contributed by atoms with Gasteiger partial charge in [-0.1, -0.05) is 24.3 Å². The number of nitrogens with one attached hydrogen (secondary N) is 1. The van der Waals surface area contributed by atoms with Crippen molar-refractivity contribution in [3.63, 3.8) is 0 Å². The molecule has 0 radical (unpaired) electrons. The predicted molar refractivity (Wildman–Crippen MR) is 143 cm³/mol. The first kappa shape index (κ1) is 24.9. The minimum atomic E-state index is -0.578. The van der Waals surface area contributed by atoms with Gasteiger partial charge in [-0.3, -0.25) is 10.2 Å². The van der Waals surface area contributed by atoms with Crippen molar-refractivity contribution < 1.29 is 14.3 Å². The Balaban J connectivity index is 1.41. The zero-order valence-electron chi connectivity index (χ0n) is 21.4. The smallest absolute Gasteiger partial charge is 0.412 e. The summed E-state index contributed by atoms with van der Waals surface area (Å²) >= 11 is 1.62. The summed E-state index contributed by atoms with van der Waals surface area (Å²) in [6.07, 6.45) is 3.61. The molecular weight excluding hydrogens is 472 g/mol. The van der Waals surface area contributed by atoms with Crippen LogP contribution in [0, 0.1) is 0 Å². The molecule has 1 saturated heterocycles. The number of carbonyl (C=O) groups is 1. The number of thiophene rings is 1. The second-order valence-electron chi connectivity index (χ2n) is 10.6. The van der Waals surface area contributed by atoms with Crippen LogP contribution in [0.25, 0.3) is 21.0 Å². The molecule has 2 aliphatic rings. The number of ether oxygens (including phenoxy) is 2. The normalized spacial score (nSPS) is 18.7. The Morgan fingerprint density at radius 3 is 2.69 bits per heavy atom. The van der Waals surface area contributed by atoms with E-state index in [0.717, 1.165) is 66.0 Å². The number of anilines is 1. The fraction of sp³-hybridized carbons (Fsp3) is 0.464. The molecule has 5 rings (SSSR count). The molecule has 2 aromatic heterocycles. The number of rotatable bonds is 6. The molecule has 0 bridgehead atoms. The zero-order chi connectivity index (χ0) is 25.3. The Bertz CT molecular complexity index is 1210. The number of morpholine rings is 1. The van der Waals surface area contributed by atoms with E-state index in [1.165, 1.54) is 5.56 Å². The zero-order valence-corrected chi connectivity index (χ0v) is 22.2. The van der Waals surface area contributed by atoms with Crippen molar-refractivity contribution in [1.29, 1.82) is 0 Å². The maximum absolute atomic E-state index is 12.6. The summed E-state index contributed by atoms with van der Waals surface area (Å²) in [7, 11) is 0. The van der Waals surface area contributed by atoms with Crippen LogP contribution in [-0.4, -0.2) is 52.4 Å². The highest BCUT2D eigenvalue weighted by Crippen LogP contribution is 2.43. The molecule has 3 aromatic rings. The van der Waals surface area contributed by atoms with Crippen molar-refractivity contribution in [1.82, 2.24) is 14.9 Å². The molecule has 1 amide bonds. The molecular formula is C28H34N4O3S. The lowest BCUT2D eigenvalue weighted by Crippen LogP contribution is -2.42. The number of hydrogen-bond donors (Lipinski definition) is 1. The van der Waals surface area contributed by atoms with E-state index in [2.05, 4.69) is 46.4 Å². The van der Waals surface area contributed by atoms with Crippen LogP contribution >= 0.6 is 11.3 Å². The van der Waals surface area contributed by atoms with Gasteiger partial charge in [0.2, 0.25) is 0 Å². The van der Waals surface area contributed by atoms with E-state index in [9.17, 15) is 4.79 Å². The third-order valence-electron chi connectivity index (χ3n) is 6.35. The highest BCUT2D eigenvalue weighted by molar-refractivity contribution is 7.19. The monoisotopic (exact) mass is 506 g/mol. The molecule has 1 aromatic carbocycles. The highest BCUT2D eigenvalue weighted by Gasteiger charge is 2.27. The summed E-state index contributed by atoms with van der Waals surface area (Å²) < 4.78 is 11.1. The molecule has 2 fully saturated rings. The third-order valence-corrected chi connectivity index (χ3v) is 7.55. The summed E-state index contributed by atoms with van der Waals surface area (Å²) in [5.41, 5.74) is 3.34. The molecule has 3 heterocycles. The van der Waals surface area contributed by atoms with Crippen molar-refractivity contribution in [2.75, 3.05) is 25.1 Å². The number of amides is 1. The summed E-state index contributed by atoms with van der Waals surface area (Å²) in [6, 6.07) is 13.0. The second kappa shape index (κ2) is 10.3. The average Bonchev–Trinajstić information content (AvgIpc) is 3.61. The molecule has 0 spiro atoms. The van der Waals surface area contributed by atoms with Crippen LogP contribution in [0.3, 0.4) is 0 Å². The van der Waals surface area contributed by atoms with Gasteiger partial charge in [-0.15, -0.1) is 11.3 Å². The van der Waals surface area contributed by atoms with Crippen LogP contribution in [0.5, 0.6) is 0 Å². The first-order valence-electron chi connectivity index (χ1n) is 12.6. The summed E-state index contributed by atoms with van der Waals surface area (Å²) in [5.74, 6) is 1.33.